The number of aromatic nitrogens is 1. The normalized spacial score (nSPS) is 10.9. The number of ketones is 1. The SMILES string of the molecule is Cc1ncsc1C=CC(=O)c1ccc(N(C)C)cc1. The zero-order chi connectivity index (χ0) is 13.8. The summed E-state index contributed by atoms with van der Waals surface area (Å²) in [5.41, 5.74) is 4.52. The summed E-state index contributed by atoms with van der Waals surface area (Å²) in [5, 5.41) is 0. The van der Waals surface area contributed by atoms with Gasteiger partial charge in [-0.25, -0.2) is 4.98 Å². The van der Waals surface area contributed by atoms with Gasteiger partial charge in [-0.2, -0.15) is 0 Å². The number of benzene rings is 1. The third-order valence-electron chi connectivity index (χ3n) is 2.84. The average molecular weight is 272 g/mol. The van der Waals surface area contributed by atoms with E-state index < -0.39 is 0 Å². The van der Waals surface area contributed by atoms with Crippen molar-refractivity contribution in [2.75, 3.05) is 19.0 Å². The predicted molar refractivity (Wildman–Crippen MR) is 81.0 cm³/mol. The smallest absolute Gasteiger partial charge is 0.185 e. The fraction of sp³-hybridized carbons (Fsp3) is 0.200. The van der Waals surface area contributed by atoms with Gasteiger partial charge in [0.2, 0.25) is 0 Å². The summed E-state index contributed by atoms with van der Waals surface area (Å²) in [6.45, 7) is 1.94. The summed E-state index contributed by atoms with van der Waals surface area (Å²) in [6, 6.07) is 7.58. The topological polar surface area (TPSA) is 33.2 Å². The minimum Gasteiger partial charge on any atom is -0.378 e. The zero-order valence-electron chi connectivity index (χ0n) is 11.3. The van der Waals surface area contributed by atoms with Gasteiger partial charge in [0, 0.05) is 30.2 Å². The number of rotatable bonds is 4. The number of hydrogen-bond donors (Lipinski definition) is 0. The van der Waals surface area contributed by atoms with Crippen LogP contribution in [-0.4, -0.2) is 24.9 Å². The van der Waals surface area contributed by atoms with Gasteiger partial charge in [-0.1, -0.05) is 0 Å². The van der Waals surface area contributed by atoms with E-state index >= 15 is 0 Å². The second kappa shape index (κ2) is 5.80. The molecule has 0 N–H and O–H groups in total. The van der Waals surface area contributed by atoms with Crippen LogP contribution in [0.15, 0.2) is 35.9 Å². The molecule has 0 atom stereocenters. The minimum absolute atomic E-state index is 0.0121. The summed E-state index contributed by atoms with van der Waals surface area (Å²) in [7, 11) is 3.95. The Morgan fingerprint density at radius 3 is 2.47 bits per heavy atom. The molecule has 3 nitrogen and oxygen atoms in total. The molecule has 98 valence electrons. The van der Waals surface area contributed by atoms with Crippen molar-refractivity contribution in [1.29, 1.82) is 0 Å². The van der Waals surface area contributed by atoms with E-state index in [4.69, 9.17) is 0 Å². The fourth-order valence-electron chi connectivity index (χ4n) is 1.64. The first kappa shape index (κ1) is 13.5. The second-order valence-corrected chi connectivity index (χ2v) is 5.33. The maximum absolute atomic E-state index is 12.0. The quantitative estimate of drug-likeness (QED) is 0.631. The maximum atomic E-state index is 12.0. The number of carbonyl (C=O) groups is 1. The summed E-state index contributed by atoms with van der Waals surface area (Å²) in [4.78, 5) is 19.2. The van der Waals surface area contributed by atoms with Gasteiger partial charge in [0.25, 0.3) is 0 Å². The Balaban J connectivity index is 2.12. The van der Waals surface area contributed by atoms with Crippen LogP contribution in [-0.2, 0) is 0 Å². The van der Waals surface area contributed by atoms with Gasteiger partial charge in [-0.15, -0.1) is 11.3 Å². The van der Waals surface area contributed by atoms with Crippen LogP contribution in [0.1, 0.15) is 20.9 Å². The van der Waals surface area contributed by atoms with E-state index in [0.717, 1.165) is 16.3 Å². The van der Waals surface area contributed by atoms with Crippen molar-refractivity contribution in [2.24, 2.45) is 0 Å². The van der Waals surface area contributed by atoms with E-state index in [1.54, 1.807) is 11.6 Å². The Morgan fingerprint density at radius 2 is 1.95 bits per heavy atom. The van der Waals surface area contributed by atoms with Crippen molar-refractivity contribution < 1.29 is 4.79 Å². The number of anilines is 1. The number of nitrogens with zero attached hydrogens (tertiary/aromatic N) is 2. The minimum atomic E-state index is 0.0121. The monoisotopic (exact) mass is 272 g/mol. The first-order valence-corrected chi connectivity index (χ1v) is 6.86. The van der Waals surface area contributed by atoms with Crippen molar-refractivity contribution in [3.05, 3.63) is 52.0 Å². The summed E-state index contributed by atoms with van der Waals surface area (Å²) >= 11 is 1.54. The van der Waals surface area contributed by atoms with Crippen LogP contribution in [0.25, 0.3) is 6.08 Å². The lowest BCUT2D eigenvalue weighted by Gasteiger charge is -2.11. The molecule has 0 spiro atoms. The largest absolute Gasteiger partial charge is 0.378 e. The molecule has 1 aromatic heterocycles. The van der Waals surface area contributed by atoms with Crippen LogP contribution in [0.4, 0.5) is 5.69 Å². The van der Waals surface area contributed by atoms with E-state index in [9.17, 15) is 4.79 Å². The van der Waals surface area contributed by atoms with E-state index in [0.29, 0.717) is 5.56 Å². The lowest BCUT2D eigenvalue weighted by Crippen LogP contribution is -2.08. The molecule has 19 heavy (non-hydrogen) atoms. The van der Waals surface area contributed by atoms with Gasteiger partial charge in [0.15, 0.2) is 5.78 Å². The highest BCUT2D eigenvalue weighted by Gasteiger charge is 2.03. The highest BCUT2D eigenvalue weighted by Crippen LogP contribution is 2.16. The molecular weight excluding hydrogens is 256 g/mol. The van der Waals surface area contributed by atoms with E-state index in [-0.39, 0.29) is 5.78 Å². The Hall–Kier alpha value is -1.94. The molecule has 2 aromatic rings. The molecule has 0 fully saturated rings. The van der Waals surface area contributed by atoms with Crippen molar-refractivity contribution in [3.8, 4) is 0 Å². The van der Waals surface area contributed by atoms with Crippen LogP contribution in [0.5, 0.6) is 0 Å². The first-order valence-electron chi connectivity index (χ1n) is 5.98. The number of thiazole rings is 1. The molecule has 0 aliphatic carbocycles. The highest BCUT2D eigenvalue weighted by molar-refractivity contribution is 7.10. The summed E-state index contributed by atoms with van der Waals surface area (Å²) < 4.78 is 0. The molecule has 0 saturated carbocycles. The fourth-order valence-corrected chi connectivity index (χ4v) is 2.34. The van der Waals surface area contributed by atoms with Gasteiger partial charge in [0.1, 0.15) is 0 Å². The molecule has 0 amide bonds. The maximum Gasteiger partial charge on any atom is 0.185 e. The van der Waals surface area contributed by atoms with Crippen LogP contribution in [0, 0.1) is 6.92 Å². The lowest BCUT2D eigenvalue weighted by molar-refractivity contribution is 0.104. The molecule has 0 aliphatic rings. The third-order valence-corrected chi connectivity index (χ3v) is 3.73. The zero-order valence-corrected chi connectivity index (χ0v) is 12.1. The molecule has 0 unspecified atom stereocenters. The molecule has 0 radical (unpaired) electrons. The predicted octanol–water partition coefficient (Wildman–Crippen LogP) is 3.41. The van der Waals surface area contributed by atoms with Gasteiger partial charge in [-0.3, -0.25) is 4.79 Å². The van der Waals surface area contributed by atoms with E-state index in [1.165, 1.54) is 11.3 Å². The Morgan fingerprint density at radius 1 is 1.26 bits per heavy atom. The second-order valence-electron chi connectivity index (χ2n) is 4.44. The average Bonchev–Trinajstić information content (AvgIpc) is 2.81. The molecular formula is C15H16N2OS. The molecule has 2 rings (SSSR count). The number of hydrogen-bond acceptors (Lipinski definition) is 4. The van der Waals surface area contributed by atoms with Crippen molar-refractivity contribution in [3.63, 3.8) is 0 Å². The molecule has 0 saturated heterocycles. The first-order chi connectivity index (χ1) is 9.08. The Kier molecular flexibility index (Phi) is 4.12. The van der Waals surface area contributed by atoms with Gasteiger partial charge in [0.05, 0.1) is 11.2 Å². The van der Waals surface area contributed by atoms with Crippen LogP contribution < -0.4 is 4.90 Å². The molecule has 1 aromatic carbocycles. The van der Waals surface area contributed by atoms with E-state index in [2.05, 4.69) is 4.98 Å². The van der Waals surface area contributed by atoms with Crippen molar-refractivity contribution in [2.45, 2.75) is 6.92 Å². The summed E-state index contributed by atoms with van der Waals surface area (Å²) in [5.74, 6) is 0.0121. The van der Waals surface area contributed by atoms with Crippen LogP contribution >= 0.6 is 11.3 Å². The molecule has 0 bridgehead atoms. The molecule has 4 heteroatoms. The van der Waals surface area contributed by atoms with E-state index in [1.807, 2.05) is 56.3 Å². The standard InChI is InChI=1S/C15H16N2OS/c1-11-15(19-10-16-11)9-8-14(18)12-4-6-13(7-5-12)17(2)3/h4-10H,1-3H3. The molecule has 0 aliphatic heterocycles. The number of allylic oxidation sites excluding steroid dienone is 1. The third kappa shape index (κ3) is 3.29. The van der Waals surface area contributed by atoms with Gasteiger partial charge in [-0.05, 0) is 43.3 Å². The molecule has 1 heterocycles. The van der Waals surface area contributed by atoms with Crippen molar-refractivity contribution in [1.82, 2.24) is 4.98 Å². The number of carbonyl (C=O) groups excluding carboxylic acids is 1. The van der Waals surface area contributed by atoms with Crippen LogP contribution in [0.2, 0.25) is 0 Å². The Labute approximate surface area is 117 Å². The van der Waals surface area contributed by atoms with Gasteiger partial charge < -0.3 is 4.90 Å². The highest BCUT2D eigenvalue weighted by atomic mass is 32.1. The summed E-state index contributed by atoms with van der Waals surface area (Å²) in [6.07, 6.45) is 3.43. The van der Waals surface area contributed by atoms with Crippen molar-refractivity contribution >= 4 is 28.9 Å². The van der Waals surface area contributed by atoms with Crippen LogP contribution in [0.3, 0.4) is 0 Å². The lowest BCUT2D eigenvalue weighted by atomic mass is 10.1. The van der Waals surface area contributed by atoms with Gasteiger partial charge >= 0.3 is 0 Å². The Bertz CT molecular complexity index is 597. The number of aryl methyl sites for hydroxylation is 1.